The van der Waals surface area contributed by atoms with Crippen LogP contribution in [0, 0.1) is 0 Å². The van der Waals surface area contributed by atoms with Crippen LogP contribution < -0.4 is 5.32 Å². The summed E-state index contributed by atoms with van der Waals surface area (Å²) >= 11 is 3.56. The molecule has 2 aromatic rings. The number of benzene rings is 1. The van der Waals surface area contributed by atoms with E-state index in [1.54, 1.807) is 12.5 Å². The van der Waals surface area contributed by atoms with Crippen LogP contribution >= 0.6 is 15.9 Å². The average Bonchev–Trinajstić information content (AvgIpc) is 2.79. The van der Waals surface area contributed by atoms with Crippen molar-refractivity contribution >= 4 is 15.9 Å². The summed E-state index contributed by atoms with van der Waals surface area (Å²) in [6.07, 6.45) is 3.46. The monoisotopic (exact) mass is 279 g/mol. The van der Waals surface area contributed by atoms with Crippen molar-refractivity contribution in [1.29, 1.82) is 0 Å². The summed E-state index contributed by atoms with van der Waals surface area (Å²) in [4.78, 5) is 0. The topological polar surface area (TPSA) is 25.2 Å². The first-order chi connectivity index (χ1) is 7.77. The summed E-state index contributed by atoms with van der Waals surface area (Å²) in [5.74, 6) is 0. The maximum absolute atomic E-state index is 5.03. The van der Waals surface area contributed by atoms with E-state index in [-0.39, 0.29) is 0 Å². The lowest BCUT2D eigenvalue weighted by Crippen LogP contribution is -2.18. The molecule has 1 atom stereocenters. The van der Waals surface area contributed by atoms with Gasteiger partial charge in [0, 0.05) is 22.6 Å². The van der Waals surface area contributed by atoms with E-state index >= 15 is 0 Å². The molecular formula is C13H14BrNO. The van der Waals surface area contributed by atoms with Crippen LogP contribution in [0.4, 0.5) is 0 Å². The third-order valence-corrected chi connectivity index (χ3v) is 3.29. The van der Waals surface area contributed by atoms with Crippen LogP contribution in [0.1, 0.15) is 24.1 Å². The molecule has 1 unspecified atom stereocenters. The quantitative estimate of drug-likeness (QED) is 0.919. The fourth-order valence-corrected chi connectivity index (χ4v) is 2.23. The molecule has 3 heteroatoms. The molecule has 0 saturated heterocycles. The molecule has 0 fully saturated rings. The first-order valence-corrected chi connectivity index (χ1v) is 6.05. The Morgan fingerprint density at radius 3 is 2.81 bits per heavy atom. The summed E-state index contributed by atoms with van der Waals surface area (Å²) in [5.41, 5.74) is 2.44. The minimum Gasteiger partial charge on any atom is -0.472 e. The van der Waals surface area contributed by atoms with Crippen LogP contribution in [-0.2, 0) is 6.54 Å². The summed E-state index contributed by atoms with van der Waals surface area (Å²) in [6.45, 7) is 2.97. The molecule has 0 radical (unpaired) electrons. The Bertz CT molecular complexity index is 439. The number of rotatable bonds is 4. The summed E-state index contributed by atoms with van der Waals surface area (Å²) in [6, 6.07) is 10.5. The van der Waals surface area contributed by atoms with Crippen LogP contribution in [0.3, 0.4) is 0 Å². The highest BCUT2D eigenvalue weighted by Gasteiger charge is 2.07. The lowest BCUT2D eigenvalue weighted by Gasteiger charge is -2.15. The van der Waals surface area contributed by atoms with Gasteiger partial charge in [0.05, 0.1) is 12.5 Å². The number of hydrogen-bond acceptors (Lipinski definition) is 2. The lowest BCUT2D eigenvalue weighted by atomic mass is 10.1. The Morgan fingerprint density at radius 1 is 1.31 bits per heavy atom. The number of nitrogens with one attached hydrogen (secondary N) is 1. The molecule has 1 heterocycles. The molecule has 16 heavy (non-hydrogen) atoms. The molecule has 0 aliphatic carbocycles. The van der Waals surface area contributed by atoms with Crippen molar-refractivity contribution in [2.24, 2.45) is 0 Å². The predicted octanol–water partition coefficient (Wildman–Crippen LogP) is 3.89. The molecule has 2 rings (SSSR count). The van der Waals surface area contributed by atoms with Gasteiger partial charge in [-0.15, -0.1) is 0 Å². The van der Waals surface area contributed by atoms with Gasteiger partial charge in [-0.1, -0.05) is 34.1 Å². The van der Waals surface area contributed by atoms with Gasteiger partial charge in [0.25, 0.3) is 0 Å². The van der Waals surface area contributed by atoms with Crippen molar-refractivity contribution in [3.8, 4) is 0 Å². The third kappa shape index (κ3) is 2.74. The highest BCUT2D eigenvalue weighted by Crippen LogP contribution is 2.22. The van der Waals surface area contributed by atoms with Gasteiger partial charge in [0.15, 0.2) is 0 Å². The molecule has 0 aliphatic rings. The Kier molecular flexibility index (Phi) is 3.80. The van der Waals surface area contributed by atoms with Gasteiger partial charge < -0.3 is 9.73 Å². The summed E-state index contributed by atoms with van der Waals surface area (Å²) < 4.78 is 6.17. The predicted molar refractivity (Wildman–Crippen MR) is 68.1 cm³/mol. The molecule has 1 N–H and O–H groups in total. The van der Waals surface area contributed by atoms with Gasteiger partial charge in [0.2, 0.25) is 0 Å². The highest BCUT2D eigenvalue weighted by atomic mass is 79.9. The fourth-order valence-electron chi connectivity index (χ4n) is 1.60. The lowest BCUT2D eigenvalue weighted by molar-refractivity contribution is 0.546. The molecular weight excluding hydrogens is 266 g/mol. The zero-order valence-electron chi connectivity index (χ0n) is 9.11. The van der Waals surface area contributed by atoms with Gasteiger partial charge in [-0.2, -0.15) is 0 Å². The van der Waals surface area contributed by atoms with E-state index in [0.717, 1.165) is 11.0 Å². The summed E-state index contributed by atoms with van der Waals surface area (Å²) in [7, 11) is 0. The van der Waals surface area contributed by atoms with Crippen molar-refractivity contribution in [3.63, 3.8) is 0 Å². The molecule has 0 bridgehead atoms. The first-order valence-electron chi connectivity index (χ1n) is 5.26. The van der Waals surface area contributed by atoms with Crippen LogP contribution in [0.2, 0.25) is 0 Å². The Morgan fingerprint density at radius 2 is 2.12 bits per heavy atom. The van der Waals surface area contributed by atoms with Gasteiger partial charge >= 0.3 is 0 Å². The normalized spacial score (nSPS) is 12.6. The average molecular weight is 280 g/mol. The van der Waals surface area contributed by atoms with Crippen LogP contribution in [-0.4, -0.2) is 0 Å². The number of furan rings is 1. The van der Waals surface area contributed by atoms with Gasteiger partial charge in [-0.05, 0) is 24.6 Å². The first kappa shape index (κ1) is 11.4. The van der Waals surface area contributed by atoms with Crippen LogP contribution in [0.25, 0.3) is 0 Å². The number of hydrogen-bond donors (Lipinski definition) is 1. The Labute approximate surface area is 104 Å². The smallest absolute Gasteiger partial charge is 0.0947 e. The zero-order chi connectivity index (χ0) is 11.4. The van der Waals surface area contributed by atoms with E-state index in [2.05, 4.69) is 46.4 Å². The molecule has 1 aromatic heterocycles. The van der Waals surface area contributed by atoms with Crippen molar-refractivity contribution in [2.45, 2.75) is 19.5 Å². The molecule has 84 valence electrons. The molecule has 0 spiro atoms. The largest absolute Gasteiger partial charge is 0.472 e. The van der Waals surface area contributed by atoms with Crippen LogP contribution in [0.15, 0.2) is 51.7 Å². The van der Waals surface area contributed by atoms with Gasteiger partial charge in [-0.3, -0.25) is 0 Å². The van der Waals surface area contributed by atoms with Crippen molar-refractivity contribution in [2.75, 3.05) is 0 Å². The second-order valence-corrected chi connectivity index (χ2v) is 4.61. The van der Waals surface area contributed by atoms with E-state index in [1.165, 1.54) is 11.1 Å². The molecule has 0 aliphatic heterocycles. The third-order valence-electron chi connectivity index (χ3n) is 2.56. The SMILES string of the molecule is CC(NCc1ccoc1)c1ccccc1Br. The van der Waals surface area contributed by atoms with Gasteiger partial charge in [0.1, 0.15) is 0 Å². The van der Waals surface area contributed by atoms with Crippen molar-refractivity contribution in [3.05, 3.63) is 58.5 Å². The van der Waals surface area contributed by atoms with E-state index in [4.69, 9.17) is 4.42 Å². The second kappa shape index (κ2) is 5.32. The minimum atomic E-state index is 0.311. The highest BCUT2D eigenvalue weighted by molar-refractivity contribution is 9.10. The molecule has 0 amide bonds. The molecule has 1 aromatic carbocycles. The number of halogens is 1. The zero-order valence-corrected chi connectivity index (χ0v) is 10.7. The Hall–Kier alpha value is -1.06. The van der Waals surface area contributed by atoms with Crippen molar-refractivity contribution < 1.29 is 4.42 Å². The maximum atomic E-state index is 5.03. The van der Waals surface area contributed by atoms with Crippen molar-refractivity contribution in [1.82, 2.24) is 5.32 Å². The van der Waals surface area contributed by atoms with E-state index < -0.39 is 0 Å². The Balaban J connectivity index is 1.98. The van der Waals surface area contributed by atoms with E-state index in [0.29, 0.717) is 6.04 Å². The van der Waals surface area contributed by atoms with E-state index in [1.807, 2.05) is 12.1 Å². The van der Waals surface area contributed by atoms with Gasteiger partial charge in [-0.25, -0.2) is 0 Å². The second-order valence-electron chi connectivity index (χ2n) is 3.76. The summed E-state index contributed by atoms with van der Waals surface area (Å²) in [5, 5.41) is 3.45. The molecule has 0 saturated carbocycles. The van der Waals surface area contributed by atoms with Crippen LogP contribution in [0.5, 0.6) is 0 Å². The van der Waals surface area contributed by atoms with E-state index in [9.17, 15) is 0 Å². The standard InChI is InChI=1S/C13H14BrNO/c1-10(12-4-2-3-5-13(12)14)15-8-11-6-7-16-9-11/h2-7,9-10,15H,8H2,1H3. The molecule has 2 nitrogen and oxygen atoms in total. The fraction of sp³-hybridized carbons (Fsp3) is 0.231. The maximum Gasteiger partial charge on any atom is 0.0947 e. The minimum absolute atomic E-state index is 0.311.